The minimum Gasteiger partial charge on any atom is -0.392 e. The van der Waals surface area contributed by atoms with Gasteiger partial charge in [0, 0.05) is 57.9 Å². The van der Waals surface area contributed by atoms with E-state index >= 15 is 0 Å². The molecule has 1 fully saturated rings. The lowest BCUT2D eigenvalue weighted by Gasteiger charge is -2.39. The summed E-state index contributed by atoms with van der Waals surface area (Å²) in [7, 11) is 0. The standard InChI is InChI=1S/C41H35Cl2N7O3/c1-23-7-6-18-50-36(25-11-13-27(42)14-12-25)29-21-28(43)22-31-33(29)34(37(50)32(23)24-8-3-2-4-9-24)35(45-31)39(51)46-30-10-5-17-44-38(30)49-19-15-26(16-20-49)40-47-48-41(52)53-40/h2-6,8-14,17-18,21-23,26,36,45H,7,15-16,19-20H2,1H3,(H,46,51)(H,48,52). The molecule has 6 heterocycles. The number of hydrogen-bond donors (Lipinski definition) is 3. The molecular weight excluding hydrogens is 709 g/mol. The fraction of sp³-hybridized carbons (Fsp3) is 0.220. The highest BCUT2D eigenvalue weighted by Crippen LogP contribution is 2.53. The molecular formula is C41H35Cl2N7O3. The molecule has 2 unspecified atom stereocenters. The summed E-state index contributed by atoms with van der Waals surface area (Å²) in [5.41, 5.74) is 7.93. The molecule has 3 aliphatic rings. The van der Waals surface area contributed by atoms with E-state index in [2.05, 4.69) is 85.9 Å². The highest BCUT2D eigenvalue weighted by molar-refractivity contribution is 6.32. The first-order valence-electron chi connectivity index (χ1n) is 17.8. The van der Waals surface area contributed by atoms with Crippen LogP contribution in [0.15, 0.2) is 107 Å². The number of fused-ring (bicyclic) bond motifs is 2. The molecule has 0 spiro atoms. The van der Waals surface area contributed by atoms with Gasteiger partial charge in [-0.2, -0.15) is 0 Å². The van der Waals surface area contributed by atoms with E-state index in [1.165, 1.54) is 0 Å². The van der Waals surface area contributed by atoms with Crippen LogP contribution in [-0.4, -0.2) is 44.1 Å². The van der Waals surface area contributed by atoms with E-state index in [1.807, 2.05) is 42.5 Å². The first-order chi connectivity index (χ1) is 25.8. The number of amides is 1. The Morgan fingerprint density at radius 2 is 1.77 bits per heavy atom. The molecule has 3 aliphatic heterocycles. The summed E-state index contributed by atoms with van der Waals surface area (Å²) in [5, 5.41) is 11.8. The number of rotatable bonds is 6. The third-order valence-electron chi connectivity index (χ3n) is 10.6. The van der Waals surface area contributed by atoms with Crippen molar-refractivity contribution in [3.8, 4) is 0 Å². The van der Waals surface area contributed by atoms with Crippen LogP contribution in [0.3, 0.4) is 0 Å². The summed E-state index contributed by atoms with van der Waals surface area (Å²) >= 11 is 13.2. The average Bonchev–Trinajstić information content (AvgIpc) is 3.73. The highest BCUT2D eigenvalue weighted by Gasteiger charge is 2.40. The number of carbonyl (C=O) groups excluding carboxylic acids is 1. The van der Waals surface area contributed by atoms with E-state index < -0.39 is 5.76 Å². The van der Waals surface area contributed by atoms with E-state index in [-0.39, 0.29) is 23.8 Å². The number of piperidine rings is 1. The molecule has 12 heteroatoms. The Labute approximate surface area is 315 Å². The van der Waals surface area contributed by atoms with Crippen molar-refractivity contribution in [1.29, 1.82) is 0 Å². The van der Waals surface area contributed by atoms with Gasteiger partial charge < -0.3 is 24.5 Å². The number of nitrogens with zero attached hydrogens (tertiary/aromatic N) is 4. The van der Waals surface area contributed by atoms with Crippen molar-refractivity contribution in [3.63, 3.8) is 0 Å². The molecule has 0 saturated carbocycles. The molecule has 10 nitrogen and oxygen atoms in total. The second-order valence-corrected chi connectivity index (χ2v) is 14.7. The van der Waals surface area contributed by atoms with Crippen molar-refractivity contribution in [2.75, 3.05) is 23.3 Å². The Bertz CT molecular complexity index is 2480. The van der Waals surface area contributed by atoms with Crippen molar-refractivity contribution in [2.24, 2.45) is 5.92 Å². The van der Waals surface area contributed by atoms with Crippen molar-refractivity contribution >= 4 is 62.8 Å². The van der Waals surface area contributed by atoms with Gasteiger partial charge in [0.25, 0.3) is 5.91 Å². The van der Waals surface area contributed by atoms with Gasteiger partial charge in [-0.05, 0) is 83.8 Å². The zero-order valence-electron chi connectivity index (χ0n) is 28.8. The van der Waals surface area contributed by atoms with Crippen molar-refractivity contribution in [2.45, 2.75) is 38.1 Å². The molecule has 0 bridgehead atoms. The van der Waals surface area contributed by atoms with Gasteiger partial charge in [-0.1, -0.05) is 78.7 Å². The number of H-pyrrole nitrogens is 2. The van der Waals surface area contributed by atoms with Crippen molar-refractivity contribution < 1.29 is 9.21 Å². The van der Waals surface area contributed by atoms with Gasteiger partial charge in [0.1, 0.15) is 5.69 Å². The quantitative estimate of drug-likeness (QED) is 0.156. The number of aromatic amines is 2. The first-order valence-corrected chi connectivity index (χ1v) is 18.5. The maximum absolute atomic E-state index is 14.8. The molecule has 3 N–H and O–H groups in total. The number of aromatic nitrogens is 4. The van der Waals surface area contributed by atoms with Crippen LogP contribution in [0.1, 0.15) is 76.8 Å². The van der Waals surface area contributed by atoms with E-state index in [0.717, 1.165) is 63.7 Å². The first kappa shape index (κ1) is 33.3. The summed E-state index contributed by atoms with van der Waals surface area (Å²) in [6, 6.07) is 25.8. The summed E-state index contributed by atoms with van der Waals surface area (Å²) < 4.78 is 5.24. The summed E-state index contributed by atoms with van der Waals surface area (Å²) in [4.78, 5) is 39.0. The molecule has 0 aliphatic carbocycles. The van der Waals surface area contributed by atoms with Gasteiger partial charge >= 0.3 is 5.76 Å². The number of hydrogen-bond acceptors (Lipinski definition) is 7. The summed E-state index contributed by atoms with van der Waals surface area (Å²) in [5.74, 6) is 0.442. The second kappa shape index (κ2) is 13.4. The van der Waals surface area contributed by atoms with Gasteiger partial charge in [0.05, 0.1) is 17.4 Å². The predicted molar refractivity (Wildman–Crippen MR) is 208 cm³/mol. The minimum absolute atomic E-state index is 0.0233. The van der Waals surface area contributed by atoms with Crippen LogP contribution in [0.25, 0.3) is 22.2 Å². The number of pyridine rings is 1. The maximum Gasteiger partial charge on any atom is 0.434 e. The Hall–Kier alpha value is -5.58. The van der Waals surface area contributed by atoms with Crippen LogP contribution in [0.2, 0.25) is 10.0 Å². The lowest BCUT2D eigenvalue weighted by atomic mass is 9.82. The van der Waals surface area contributed by atoms with Crippen molar-refractivity contribution in [3.05, 3.63) is 152 Å². The van der Waals surface area contributed by atoms with Gasteiger partial charge in [-0.15, -0.1) is 5.10 Å². The molecule has 53 heavy (non-hydrogen) atoms. The van der Waals surface area contributed by atoms with Crippen molar-refractivity contribution in [1.82, 2.24) is 25.1 Å². The number of halogens is 2. The number of anilines is 2. The maximum atomic E-state index is 14.8. The second-order valence-electron chi connectivity index (χ2n) is 13.8. The Morgan fingerprint density at radius 3 is 2.53 bits per heavy atom. The van der Waals surface area contributed by atoms with Crippen LogP contribution < -0.4 is 16.0 Å². The third-order valence-corrected chi connectivity index (χ3v) is 11.1. The topological polar surface area (TPSA) is 123 Å². The third kappa shape index (κ3) is 5.92. The predicted octanol–water partition coefficient (Wildman–Crippen LogP) is 9.01. The number of allylic oxidation sites excluding steroid dienone is 2. The van der Waals surface area contributed by atoms with Crippen LogP contribution >= 0.6 is 23.2 Å². The molecule has 2 atom stereocenters. The molecule has 3 aromatic carbocycles. The van der Waals surface area contributed by atoms with E-state index in [0.29, 0.717) is 46.2 Å². The van der Waals surface area contributed by atoms with E-state index in [1.54, 1.807) is 6.20 Å². The number of carbonyl (C=O) groups is 1. The SMILES string of the molecule is CC1CC=CN2C(=C1c1ccccc1)c1c(C(=O)Nc3cccnc3N3CCC(c4n[nH]c(=O)o4)CC3)[nH]c3cc(Cl)cc(c13)C2c1ccc(Cl)cc1. The molecule has 1 amide bonds. The largest absolute Gasteiger partial charge is 0.434 e. The fourth-order valence-electron chi connectivity index (χ4n) is 8.23. The van der Waals surface area contributed by atoms with Gasteiger partial charge in [0.2, 0.25) is 5.89 Å². The van der Waals surface area contributed by atoms with Crippen LogP contribution in [0.5, 0.6) is 0 Å². The Balaban J connectivity index is 1.18. The molecule has 6 aromatic rings. The lowest BCUT2D eigenvalue weighted by molar-refractivity contribution is 0.102. The van der Waals surface area contributed by atoms with Gasteiger partial charge in [0.15, 0.2) is 5.82 Å². The lowest BCUT2D eigenvalue weighted by Crippen LogP contribution is -2.34. The molecule has 3 aromatic heterocycles. The molecule has 9 rings (SSSR count). The zero-order valence-corrected chi connectivity index (χ0v) is 30.3. The summed E-state index contributed by atoms with van der Waals surface area (Å²) in [6.07, 6.45) is 8.37. The minimum atomic E-state index is -0.549. The van der Waals surface area contributed by atoms with E-state index in [4.69, 9.17) is 32.6 Å². The smallest absolute Gasteiger partial charge is 0.392 e. The zero-order chi connectivity index (χ0) is 36.2. The van der Waals surface area contributed by atoms with Crippen LogP contribution in [0.4, 0.5) is 11.5 Å². The number of nitrogens with one attached hydrogen (secondary N) is 3. The fourth-order valence-corrected chi connectivity index (χ4v) is 8.59. The molecule has 1 saturated heterocycles. The van der Waals surface area contributed by atoms with Crippen LogP contribution in [0, 0.1) is 5.92 Å². The van der Waals surface area contributed by atoms with Gasteiger partial charge in [-0.3, -0.25) is 4.79 Å². The molecule has 266 valence electrons. The average molecular weight is 745 g/mol. The van der Waals surface area contributed by atoms with Gasteiger partial charge in [-0.25, -0.2) is 14.9 Å². The highest BCUT2D eigenvalue weighted by atomic mass is 35.5. The Kier molecular flexibility index (Phi) is 8.43. The number of benzene rings is 3. The molecule has 0 radical (unpaired) electrons. The van der Waals surface area contributed by atoms with Crippen LogP contribution in [-0.2, 0) is 0 Å². The summed E-state index contributed by atoms with van der Waals surface area (Å²) in [6.45, 7) is 3.55. The van der Waals surface area contributed by atoms with E-state index in [9.17, 15) is 9.59 Å². The normalized spacial score (nSPS) is 18.7. The monoisotopic (exact) mass is 743 g/mol. The Morgan fingerprint density at radius 1 is 0.981 bits per heavy atom.